The van der Waals surface area contributed by atoms with E-state index >= 15 is 0 Å². The second kappa shape index (κ2) is 7.35. The quantitative estimate of drug-likeness (QED) is 0.667. The fourth-order valence-electron chi connectivity index (χ4n) is 3.52. The lowest BCUT2D eigenvalue weighted by Crippen LogP contribution is -2.48. The van der Waals surface area contributed by atoms with Gasteiger partial charge in [0.05, 0.1) is 19.8 Å². The summed E-state index contributed by atoms with van der Waals surface area (Å²) in [6.07, 6.45) is 0. The Morgan fingerprint density at radius 3 is 2.39 bits per heavy atom. The van der Waals surface area contributed by atoms with Crippen LogP contribution in [0.3, 0.4) is 0 Å². The number of carbonyl (C=O) groups excluding carboxylic acids is 1. The van der Waals surface area contributed by atoms with Crippen LogP contribution in [0.15, 0.2) is 22.6 Å². The molecule has 0 unspecified atom stereocenters. The maximum absolute atomic E-state index is 12.8. The van der Waals surface area contributed by atoms with E-state index in [4.69, 9.17) is 18.9 Å². The molecule has 1 aromatic carbocycles. The lowest BCUT2D eigenvalue weighted by molar-refractivity contribution is 0.0745. The summed E-state index contributed by atoms with van der Waals surface area (Å²) in [6, 6.07) is 5.58. The van der Waals surface area contributed by atoms with E-state index in [1.807, 2.05) is 36.9 Å². The first kappa shape index (κ1) is 18.6. The van der Waals surface area contributed by atoms with Crippen LogP contribution in [0, 0.1) is 13.8 Å². The number of carbonyl (C=O) groups is 1. The maximum atomic E-state index is 12.8. The zero-order valence-electron chi connectivity index (χ0n) is 16.4. The van der Waals surface area contributed by atoms with Crippen molar-refractivity contribution in [1.82, 2.24) is 9.88 Å². The number of hydrogen-bond acceptors (Lipinski definition) is 7. The van der Waals surface area contributed by atoms with E-state index in [1.54, 1.807) is 25.6 Å². The van der Waals surface area contributed by atoms with Gasteiger partial charge in [-0.3, -0.25) is 4.79 Å². The molecule has 1 saturated heterocycles. The predicted molar refractivity (Wildman–Crippen MR) is 109 cm³/mol. The zero-order valence-corrected chi connectivity index (χ0v) is 17.3. The van der Waals surface area contributed by atoms with Crippen molar-refractivity contribution < 1.29 is 18.7 Å². The van der Waals surface area contributed by atoms with Crippen LogP contribution in [0.4, 0.5) is 5.13 Å². The molecule has 1 amide bonds. The summed E-state index contributed by atoms with van der Waals surface area (Å²) < 4.78 is 17.4. The SMILES string of the molecule is COc1ccc(OC)c2sc(N3CCN(C(=O)c4cc(C)oc4C)CC3)nc12. The number of anilines is 1. The van der Waals surface area contributed by atoms with E-state index < -0.39 is 0 Å². The first-order valence-corrected chi connectivity index (χ1v) is 9.96. The second-order valence-corrected chi connectivity index (χ2v) is 7.73. The Morgan fingerprint density at radius 2 is 1.79 bits per heavy atom. The van der Waals surface area contributed by atoms with Crippen LogP contribution in [0.2, 0.25) is 0 Å². The smallest absolute Gasteiger partial charge is 0.257 e. The summed E-state index contributed by atoms with van der Waals surface area (Å²) >= 11 is 1.59. The highest BCUT2D eigenvalue weighted by molar-refractivity contribution is 7.22. The number of ether oxygens (including phenoxy) is 2. The van der Waals surface area contributed by atoms with Gasteiger partial charge in [-0.2, -0.15) is 0 Å². The molecule has 1 aliphatic rings. The zero-order chi connectivity index (χ0) is 19.8. The minimum absolute atomic E-state index is 0.0293. The Kier molecular flexibility index (Phi) is 4.89. The molecule has 0 saturated carbocycles. The number of nitrogens with zero attached hydrogens (tertiary/aromatic N) is 3. The monoisotopic (exact) mass is 401 g/mol. The second-order valence-electron chi connectivity index (χ2n) is 6.75. The van der Waals surface area contributed by atoms with Crippen LogP contribution in [0.1, 0.15) is 21.9 Å². The van der Waals surface area contributed by atoms with E-state index in [9.17, 15) is 4.79 Å². The number of rotatable bonds is 4. The van der Waals surface area contributed by atoms with Crippen molar-refractivity contribution in [2.45, 2.75) is 13.8 Å². The number of methoxy groups -OCH3 is 2. The van der Waals surface area contributed by atoms with Crippen LogP contribution in [-0.2, 0) is 0 Å². The van der Waals surface area contributed by atoms with Gasteiger partial charge in [0.2, 0.25) is 0 Å². The van der Waals surface area contributed by atoms with Gasteiger partial charge in [-0.1, -0.05) is 11.3 Å². The summed E-state index contributed by atoms with van der Waals surface area (Å²) in [4.78, 5) is 21.7. The predicted octanol–water partition coefficient (Wildman–Crippen LogP) is 3.49. The van der Waals surface area contributed by atoms with E-state index in [2.05, 4.69) is 4.90 Å². The topological polar surface area (TPSA) is 68.0 Å². The Labute approximate surface area is 167 Å². The normalized spacial score (nSPS) is 14.6. The number of aryl methyl sites for hydroxylation is 2. The molecule has 3 heterocycles. The van der Waals surface area contributed by atoms with E-state index in [1.165, 1.54) is 0 Å². The summed E-state index contributed by atoms with van der Waals surface area (Å²) in [6.45, 7) is 6.44. The highest BCUT2D eigenvalue weighted by Gasteiger charge is 2.26. The molecule has 0 bridgehead atoms. The first-order chi connectivity index (χ1) is 13.5. The van der Waals surface area contributed by atoms with Crippen molar-refractivity contribution in [3.8, 4) is 11.5 Å². The minimum atomic E-state index is 0.0293. The van der Waals surface area contributed by atoms with Gasteiger partial charge in [0.1, 0.15) is 33.2 Å². The summed E-state index contributed by atoms with van der Waals surface area (Å²) in [5.74, 6) is 2.99. The molecule has 0 aliphatic carbocycles. The largest absolute Gasteiger partial charge is 0.495 e. The van der Waals surface area contributed by atoms with Crippen LogP contribution in [0.25, 0.3) is 10.2 Å². The number of hydrogen-bond donors (Lipinski definition) is 0. The number of benzene rings is 1. The van der Waals surface area contributed by atoms with Gasteiger partial charge in [-0.25, -0.2) is 4.98 Å². The van der Waals surface area contributed by atoms with E-state index in [0.717, 1.165) is 45.7 Å². The fraction of sp³-hybridized carbons (Fsp3) is 0.400. The molecule has 3 aromatic rings. The van der Waals surface area contributed by atoms with Crippen molar-refractivity contribution in [3.05, 3.63) is 35.3 Å². The molecule has 4 rings (SSSR count). The molecule has 0 spiro atoms. The van der Waals surface area contributed by atoms with E-state index in [-0.39, 0.29) is 5.91 Å². The molecule has 1 fully saturated rings. The number of aromatic nitrogens is 1. The third kappa shape index (κ3) is 3.17. The maximum Gasteiger partial charge on any atom is 0.257 e. The first-order valence-electron chi connectivity index (χ1n) is 9.14. The van der Waals surface area contributed by atoms with Crippen molar-refractivity contribution in [2.24, 2.45) is 0 Å². The Morgan fingerprint density at radius 1 is 1.11 bits per heavy atom. The van der Waals surface area contributed by atoms with Gasteiger partial charge in [-0.05, 0) is 32.0 Å². The number of furan rings is 1. The van der Waals surface area contributed by atoms with Gasteiger partial charge < -0.3 is 23.7 Å². The highest BCUT2D eigenvalue weighted by Crippen LogP contribution is 2.40. The molecular weight excluding hydrogens is 378 g/mol. The van der Waals surface area contributed by atoms with Gasteiger partial charge in [0, 0.05) is 26.2 Å². The summed E-state index contributed by atoms with van der Waals surface area (Å²) in [5, 5.41) is 0.917. The molecule has 0 radical (unpaired) electrons. The van der Waals surface area contributed by atoms with Gasteiger partial charge in [0.25, 0.3) is 5.91 Å². The van der Waals surface area contributed by atoms with Gasteiger partial charge in [-0.15, -0.1) is 0 Å². The van der Waals surface area contributed by atoms with Crippen LogP contribution < -0.4 is 14.4 Å². The van der Waals surface area contributed by atoms with E-state index in [0.29, 0.717) is 24.4 Å². The molecule has 0 atom stereocenters. The Balaban J connectivity index is 1.52. The minimum Gasteiger partial charge on any atom is -0.495 e. The third-order valence-electron chi connectivity index (χ3n) is 5.01. The molecular formula is C20H23N3O4S. The van der Waals surface area contributed by atoms with Crippen LogP contribution in [-0.4, -0.2) is 56.2 Å². The third-order valence-corrected chi connectivity index (χ3v) is 6.14. The van der Waals surface area contributed by atoms with Crippen molar-refractivity contribution >= 4 is 32.6 Å². The van der Waals surface area contributed by atoms with Crippen molar-refractivity contribution in [2.75, 3.05) is 45.3 Å². The number of piperazine rings is 1. The lowest BCUT2D eigenvalue weighted by atomic mass is 10.2. The molecule has 148 valence electrons. The van der Waals surface area contributed by atoms with Crippen molar-refractivity contribution in [1.29, 1.82) is 0 Å². The molecule has 2 aromatic heterocycles. The summed E-state index contributed by atoms with van der Waals surface area (Å²) in [7, 11) is 3.30. The Hall–Kier alpha value is -2.74. The molecule has 7 nitrogen and oxygen atoms in total. The number of amides is 1. The standard InChI is InChI=1S/C20H23N3O4S/c1-12-11-14(13(2)27-12)19(24)22-7-9-23(10-8-22)20-21-17-15(25-3)5-6-16(26-4)18(17)28-20/h5-6,11H,7-10H2,1-4H3. The van der Waals surface area contributed by atoms with Gasteiger partial charge in [0.15, 0.2) is 5.13 Å². The highest BCUT2D eigenvalue weighted by atomic mass is 32.1. The number of fused-ring (bicyclic) bond motifs is 1. The lowest BCUT2D eigenvalue weighted by Gasteiger charge is -2.34. The van der Waals surface area contributed by atoms with Crippen LogP contribution >= 0.6 is 11.3 Å². The molecule has 0 N–H and O–H groups in total. The number of thiazole rings is 1. The molecule has 1 aliphatic heterocycles. The van der Waals surface area contributed by atoms with Gasteiger partial charge >= 0.3 is 0 Å². The average molecular weight is 401 g/mol. The fourth-order valence-corrected chi connectivity index (χ4v) is 4.65. The average Bonchev–Trinajstić information content (AvgIpc) is 3.30. The molecule has 28 heavy (non-hydrogen) atoms. The summed E-state index contributed by atoms with van der Waals surface area (Å²) in [5.41, 5.74) is 1.46. The van der Waals surface area contributed by atoms with Crippen LogP contribution in [0.5, 0.6) is 11.5 Å². The Bertz CT molecular complexity index is 977. The molecule has 8 heteroatoms. The van der Waals surface area contributed by atoms with Crippen molar-refractivity contribution in [3.63, 3.8) is 0 Å².